The zero-order valence-electron chi connectivity index (χ0n) is 11.8. The van der Waals surface area contributed by atoms with Crippen LogP contribution in [-0.2, 0) is 10.0 Å². The number of hydrogen-bond donors (Lipinski definition) is 3. The van der Waals surface area contributed by atoms with Gasteiger partial charge in [0.05, 0.1) is 6.26 Å². The van der Waals surface area contributed by atoms with Crippen molar-refractivity contribution in [1.82, 2.24) is 10.2 Å². The Morgan fingerprint density at radius 1 is 1.15 bits per heavy atom. The van der Waals surface area contributed by atoms with Gasteiger partial charge in [0, 0.05) is 24.5 Å². The summed E-state index contributed by atoms with van der Waals surface area (Å²) in [4.78, 5) is 13.5. The van der Waals surface area contributed by atoms with E-state index < -0.39 is 10.0 Å². The molecular formula is C12H20N4O3S. The molecule has 1 aromatic rings. The molecule has 0 saturated carbocycles. The molecule has 0 saturated heterocycles. The molecule has 0 aliphatic rings. The number of urea groups is 1. The molecule has 0 unspecified atom stereocenters. The van der Waals surface area contributed by atoms with E-state index in [4.69, 9.17) is 0 Å². The quantitative estimate of drug-likeness (QED) is 0.723. The highest BCUT2D eigenvalue weighted by molar-refractivity contribution is 7.92. The van der Waals surface area contributed by atoms with Gasteiger partial charge in [-0.15, -0.1) is 0 Å². The van der Waals surface area contributed by atoms with Gasteiger partial charge in [-0.1, -0.05) is 0 Å². The molecule has 0 aliphatic heterocycles. The first-order valence-corrected chi connectivity index (χ1v) is 7.93. The molecule has 7 nitrogen and oxygen atoms in total. The zero-order chi connectivity index (χ0) is 15.2. The van der Waals surface area contributed by atoms with Crippen LogP contribution < -0.4 is 15.4 Å². The molecule has 1 rings (SSSR count). The molecule has 0 fully saturated rings. The van der Waals surface area contributed by atoms with E-state index in [-0.39, 0.29) is 6.03 Å². The molecule has 0 bridgehead atoms. The third-order valence-electron chi connectivity index (χ3n) is 2.29. The van der Waals surface area contributed by atoms with Gasteiger partial charge in [0.1, 0.15) is 0 Å². The van der Waals surface area contributed by atoms with Crippen molar-refractivity contribution in [2.45, 2.75) is 0 Å². The van der Waals surface area contributed by atoms with E-state index in [1.54, 1.807) is 24.3 Å². The maximum atomic E-state index is 11.6. The summed E-state index contributed by atoms with van der Waals surface area (Å²) in [6.45, 7) is 1.30. The van der Waals surface area contributed by atoms with Crippen LogP contribution in [0.1, 0.15) is 0 Å². The van der Waals surface area contributed by atoms with Crippen LogP contribution in [-0.4, -0.2) is 52.8 Å². The first-order valence-electron chi connectivity index (χ1n) is 6.04. The van der Waals surface area contributed by atoms with Gasteiger partial charge >= 0.3 is 6.03 Å². The highest BCUT2D eigenvalue weighted by Crippen LogP contribution is 2.14. The number of nitrogens with one attached hydrogen (secondary N) is 3. The van der Waals surface area contributed by atoms with E-state index in [0.29, 0.717) is 17.9 Å². The molecule has 1 aromatic carbocycles. The van der Waals surface area contributed by atoms with E-state index in [2.05, 4.69) is 15.4 Å². The highest BCUT2D eigenvalue weighted by Gasteiger charge is 2.03. The summed E-state index contributed by atoms with van der Waals surface area (Å²) in [7, 11) is 0.560. The lowest BCUT2D eigenvalue weighted by Gasteiger charge is -2.11. The molecule has 112 valence electrons. The lowest BCUT2D eigenvalue weighted by Crippen LogP contribution is -2.34. The van der Waals surface area contributed by atoms with Crippen molar-refractivity contribution < 1.29 is 13.2 Å². The number of amides is 2. The molecule has 0 aliphatic carbocycles. The maximum absolute atomic E-state index is 11.6. The molecule has 0 aromatic heterocycles. The molecule has 0 spiro atoms. The standard InChI is InChI=1S/C12H20N4O3S/c1-16(2)9-8-13-12(17)14-10-4-6-11(7-5-10)15-20(3,18)19/h4-7,15H,8-9H2,1-3H3,(H2,13,14,17). The number of nitrogens with zero attached hydrogens (tertiary/aromatic N) is 1. The fourth-order valence-electron chi connectivity index (χ4n) is 1.40. The SMILES string of the molecule is CN(C)CCNC(=O)Nc1ccc(NS(C)(=O)=O)cc1. The second-order valence-corrected chi connectivity index (χ2v) is 6.38. The predicted molar refractivity (Wildman–Crippen MR) is 80.5 cm³/mol. The smallest absolute Gasteiger partial charge is 0.319 e. The minimum absolute atomic E-state index is 0.296. The van der Waals surface area contributed by atoms with Crippen molar-refractivity contribution in [3.8, 4) is 0 Å². The summed E-state index contributed by atoms with van der Waals surface area (Å²) in [5, 5.41) is 5.37. The average Bonchev–Trinajstić information content (AvgIpc) is 2.29. The van der Waals surface area contributed by atoms with Gasteiger partial charge in [-0.25, -0.2) is 13.2 Å². The minimum Gasteiger partial charge on any atom is -0.337 e. The molecule has 0 heterocycles. The Hall–Kier alpha value is -1.80. The predicted octanol–water partition coefficient (Wildman–Crippen LogP) is 0.741. The fourth-order valence-corrected chi connectivity index (χ4v) is 1.97. The van der Waals surface area contributed by atoms with E-state index in [1.807, 2.05) is 19.0 Å². The summed E-state index contributed by atoms with van der Waals surface area (Å²) in [5.74, 6) is 0. The molecule has 20 heavy (non-hydrogen) atoms. The summed E-state index contributed by atoms with van der Waals surface area (Å²) >= 11 is 0. The minimum atomic E-state index is -3.29. The zero-order valence-corrected chi connectivity index (χ0v) is 12.6. The third-order valence-corrected chi connectivity index (χ3v) is 2.90. The first-order chi connectivity index (χ1) is 9.26. The topological polar surface area (TPSA) is 90.5 Å². The summed E-state index contributed by atoms with van der Waals surface area (Å²) in [5.41, 5.74) is 1.04. The monoisotopic (exact) mass is 300 g/mol. The van der Waals surface area contributed by atoms with Gasteiger partial charge in [0.2, 0.25) is 10.0 Å². The normalized spacial score (nSPS) is 11.2. The lowest BCUT2D eigenvalue weighted by molar-refractivity contribution is 0.250. The van der Waals surface area contributed by atoms with Gasteiger partial charge in [0.15, 0.2) is 0 Å². The van der Waals surface area contributed by atoms with E-state index >= 15 is 0 Å². The van der Waals surface area contributed by atoms with E-state index in [9.17, 15) is 13.2 Å². The summed E-state index contributed by atoms with van der Waals surface area (Å²) in [6, 6.07) is 6.11. The Balaban J connectivity index is 2.47. The van der Waals surface area contributed by atoms with Crippen LogP contribution in [0.3, 0.4) is 0 Å². The lowest BCUT2D eigenvalue weighted by atomic mass is 10.3. The van der Waals surface area contributed by atoms with Gasteiger partial charge in [-0.05, 0) is 38.4 Å². The summed E-state index contributed by atoms with van der Waals surface area (Å²) in [6.07, 6.45) is 1.08. The number of sulfonamides is 1. The number of anilines is 2. The Labute approximate surface area is 119 Å². The molecule has 0 atom stereocenters. The van der Waals surface area contributed by atoms with Crippen molar-refractivity contribution in [2.75, 3.05) is 43.5 Å². The van der Waals surface area contributed by atoms with Crippen LogP contribution in [0.25, 0.3) is 0 Å². The largest absolute Gasteiger partial charge is 0.337 e. The number of rotatable bonds is 6. The van der Waals surface area contributed by atoms with Gasteiger partial charge in [-0.3, -0.25) is 4.72 Å². The second kappa shape index (κ2) is 7.11. The fraction of sp³-hybridized carbons (Fsp3) is 0.417. The molecular weight excluding hydrogens is 280 g/mol. The maximum Gasteiger partial charge on any atom is 0.319 e. The van der Waals surface area contributed by atoms with Crippen molar-refractivity contribution in [1.29, 1.82) is 0 Å². The van der Waals surface area contributed by atoms with Gasteiger partial charge in [0.25, 0.3) is 0 Å². The van der Waals surface area contributed by atoms with Crippen LogP contribution in [0.15, 0.2) is 24.3 Å². The number of hydrogen-bond acceptors (Lipinski definition) is 4. The highest BCUT2D eigenvalue weighted by atomic mass is 32.2. The Morgan fingerprint density at radius 2 is 1.70 bits per heavy atom. The van der Waals surface area contributed by atoms with Crippen LogP contribution in [0.2, 0.25) is 0 Å². The summed E-state index contributed by atoms with van der Waals surface area (Å²) < 4.78 is 24.4. The molecule has 3 N–H and O–H groups in total. The average molecular weight is 300 g/mol. The first kappa shape index (κ1) is 16.3. The molecule has 2 amide bonds. The van der Waals surface area contributed by atoms with Crippen LogP contribution in [0.5, 0.6) is 0 Å². The number of carbonyl (C=O) groups excluding carboxylic acids is 1. The van der Waals surface area contributed by atoms with Crippen molar-refractivity contribution >= 4 is 27.4 Å². The number of carbonyl (C=O) groups is 1. The van der Waals surface area contributed by atoms with Crippen molar-refractivity contribution in [2.24, 2.45) is 0 Å². The van der Waals surface area contributed by atoms with Crippen LogP contribution in [0, 0.1) is 0 Å². The third kappa shape index (κ3) is 6.95. The van der Waals surface area contributed by atoms with Crippen molar-refractivity contribution in [3.05, 3.63) is 24.3 Å². The van der Waals surface area contributed by atoms with Crippen LogP contribution in [0.4, 0.5) is 16.2 Å². The Bertz CT molecular complexity index is 540. The van der Waals surface area contributed by atoms with Gasteiger partial charge in [-0.2, -0.15) is 0 Å². The van der Waals surface area contributed by atoms with Crippen LogP contribution >= 0.6 is 0 Å². The Kier molecular flexibility index (Phi) is 5.78. The molecule has 0 radical (unpaired) electrons. The number of likely N-dealkylation sites (N-methyl/N-ethyl adjacent to an activating group) is 1. The van der Waals surface area contributed by atoms with Gasteiger partial charge < -0.3 is 15.5 Å². The van der Waals surface area contributed by atoms with Crippen molar-refractivity contribution in [3.63, 3.8) is 0 Å². The number of benzene rings is 1. The Morgan fingerprint density at radius 3 is 2.20 bits per heavy atom. The van der Waals surface area contributed by atoms with E-state index in [1.165, 1.54) is 0 Å². The van der Waals surface area contributed by atoms with E-state index in [0.717, 1.165) is 12.8 Å². The second-order valence-electron chi connectivity index (χ2n) is 4.64. The molecule has 8 heteroatoms.